The monoisotopic (exact) mass is 342 g/mol. The minimum Gasteiger partial charge on any atom is -0.494 e. The molecule has 25 heavy (non-hydrogen) atoms. The number of anilines is 2. The second kappa shape index (κ2) is 6.88. The van der Waals surface area contributed by atoms with Crippen molar-refractivity contribution in [1.82, 2.24) is 14.5 Å². The zero-order chi connectivity index (χ0) is 18.0. The van der Waals surface area contributed by atoms with Crippen LogP contribution in [0.15, 0.2) is 41.3 Å². The molecular formula is C18H19FN4O2. The summed E-state index contributed by atoms with van der Waals surface area (Å²) >= 11 is 0. The molecular weight excluding hydrogens is 323 g/mol. The van der Waals surface area contributed by atoms with Gasteiger partial charge in [-0.1, -0.05) is 6.92 Å². The Labute approximate surface area is 144 Å². The second-order valence-electron chi connectivity index (χ2n) is 5.75. The van der Waals surface area contributed by atoms with Gasteiger partial charge in [0.25, 0.3) is 5.56 Å². The first-order chi connectivity index (χ1) is 12.0. The van der Waals surface area contributed by atoms with E-state index in [4.69, 9.17) is 4.74 Å². The fourth-order valence-electron chi connectivity index (χ4n) is 2.58. The Morgan fingerprint density at radius 1 is 1.32 bits per heavy atom. The minimum absolute atomic E-state index is 0.0115. The number of nitrogens with zero attached hydrogens (tertiary/aromatic N) is 3. The maximum atomic E-state index is 13.8. The Bertz CT molecular complexity index is 971. The van der Waals surface area contributed by atoms with Crippen LogP contribution in [0.1, 0.15) is 26.3 Å². The molecule has 6 nitrogen and oxygen atoms in total. The highest BCUT2D eigenvalue weighted by atomic mass is 19.1. The van der Waals surface area contributed by atoms with Crippen LogP contribution >= 0.6 is 0 Å². The van der Waals surface area contributed by atoms with Gasteiger partial charge in [-0.2, -0.15) is 4.98 Å². The van der Waals surface area contributed by atoms with E-state index in [1.54, 1.807) is 22.9 Å². The number of pyridine rings is 1. The maximum Gasteiger partial charge on any atom is 0.252 e. The van der Waals surface area contributed by atoms with Gasteiger partial charge in [0, 0.05) is 35.4 Å². The molecule has 1 N–H and O–H groups in total. The molecule has 7 heteroatoms. The molecule has 0 fully saturated rings. The Balaban J connectivity index is 2.03. The summed E-state index contributed by atoms with van der Waals surface area (Å²) in [6, 6.07) is 7.73. The molecule has 1 atom stereocenters. The summed E-state index contributed by atoms with van der Waals surface area (Å²) in [5, 5.41) is 3.73. The summed E-state index contributed by atoms with van der Waals surface area (Å²) in [4.78, 5) is 20.9. The first-order valence-corrected chi connectivity index (χ1v) is 8.02. The normalized spacial score (nSPS) is 12.2. The number of rotatable bonds is 5. The highest BCUT2D eigenvalue weighted by molar-refractivity contribution is 5.75. The third-order valence-corrected chi connectivity index (χ3v) is 4.11. The van der Waals surface area contributed by atoms with E-state index < -0.39 is 5.82 Å². The SMILES string of the molecule is CCC(C)n1c(=O)ccc2cnc(Nc3ccc(OC)c(F)c3)nc21. The largest absolute Gasteiger partial charge is 0.494 e. The van der Waals surface area contributed by atoms with Gasteiger partial charge in [0.1, 0.15) is 5.65 Å². The van der Waals surface area contributed by atoms with E-state index >= 15 is 0 Å². The predicted molar refractivity (Wildman–Crippen MR) is 95.0 cm³/mol. The highest BCUT2D eigenvalue weighted by Crippen LogP contribution is 2.23. The smallest absolute Gasteiger partial charge is 0.252 e. The number of ether oxygens (including phenoxy) is 1. The lowest BCUT2D eigenvalue weighted by Crippen LogP contribution is -2.23. The van der Waals surface area contributed by atoms with Gasteiger partial charge in [0.05, 0.1) is 7.11 Å². The zero-order valence-electron chi connectivity index (χ0n) is 14.3. The third-order valence-electron chi connectivity index (χ3n) is 4.11. The van der Waals surface area contributed by atoms with E-state index in [-0.39, 0.29) is 17.4 Å². The van der Waals surface area contributed by atoms with Crippen molar-refractivity contribution in [3.63, 3.8) is 0 Å². The van der Waals surface area contributed by atoms with Crippen molar-refractivity contribution in [3.8, 4) is 5.75 Å². The summed E-state index contributed by atoms with van der Waals surface area (Å²) in [5.41, 5.74) is 0.932. The number of hydrogen-bond donors (Lipinski definition) is 1. The predicted octanol–water partition coefficient (Wildman–Crippen LogP) is 3.65. The van der Waals surface area contributed by atoms with Crippen LogP contribution in [0.3, 0.4) is 0 Å². The van der Waals surface area contributed by atoms with Gasteiger partial charge in [-0.05, 0) is 31.5 Å². The Kier molecular flexibility index (Phi) is 4.65. The summed E-state index contributed by atoms with van der Waals surface area (Å²) in [5.74, 6) is -0.0277. The Morgan fingerprint density at radius 3 is 2.80 bits per heavy atom. The molecule has 0 amide bonds. The van der Waals surface area contributed by atoms with E-state index in [1.165, 1.54) is 25.3 Å². The summed E-state index contributed by atoms with van der Waals surface area (Å²) < 4.78 is 20.4. The number of fused-ring (bicyclic) bond motifs is 1. The average molecular weight is 342 g/mol. The molecule has 1 aromatic carbocycles. The van der Waals surface area contributed by atoms with Crippen LogP contribution < -0.4 is 15.6 Å². The number of halogens is 1. The highest BCUT2D eigenvalue weighted by Gasteiger charge is 2.12. The van der Waals surface area contributed by atoms with Crippen LogP contribution in [-0.4, -0.2) is 21.6 Å². The molecule has 130 valence electrons. The van der Waals surface area contributed by atoms with Gasteiger partial charge >= 0.3 is 0 Å². The van der Waals surface area contributed by atoms with Crippen molar-refractivity contribution in [2.75, 3.05) is 12.4 Å². The summed E-state index contributed by atoms with van der Waals surface area (Å²) in [6.07, 6.45) is 2.44. The zero-order valence-corrected chi connectivity index (χ0v) is 14.3. The molecule has 0 aliphatic carbocycles. The molecule has 0 aliphatic rings. The van der Waals surface area contributed by atoms with Gasteiger partial charge in [-0.15, -0.1) is 0 Å². The van der Waals surface area contributed by atoms with Crippen molar-refractivity contribution in [2.45, 2.75) is 26.3 Å². The van der Waals surface area contributed by atoms with E-state index in [1.807, 2.05) is 13.8 Å². The van der Waals surface area contributed by atoms with Crippen molar-refractivity contribution < 1.29 is 9.13 Å². The lowest BCUT2D eigenvalue weighted by molar-refractivity contribution is 0.386. The molecule has 2 heterocycles. The lowest BCUT2D eigenvalue weighted by Gasteiger charge is -2.16. The van der Waals surface area contributed by atoms with Crippen molar-refractivity contribution >= 4 is 22.7 Å². The molecule has 0 saturated carbocycles. The van der Waals surface area contributed by atoms with E-state index in [0.29, 0.717) is 17.3 Å². The standard InChI is InChI=1S/C18H19FN4O2/c1-4-11(2)23-16(24)8-5-12-10-20-18(22-17(12)23)21-13-6-7-15(25-3)14(19)9-13/h5-11H,4H2,1-3H3,(H,20,21,22). The first kappa shape index (κ1) is 16.9. The van der Waals surface area contributed by atoms with Crippen LogP contribution in [0.4, 0.5) is 16.0 Å². The number of hydrogen-bond acceptors (Lipinski definition) is 5. The van der Waals surface area contributed by atoms with Gasteiger partial charge in [0.15, 0.2) is 11.6 Å². The lowest BCUT2D eigenvalue weighted by atomic mass is 10.2. The van der Waals surface area contributed by atoms with Crippen molar-refractivity contribution in [3.05, 3.63) is 52.7 Å². The van der Waals surface area contributed by atoms with Crippen molar-refractivity contribution in [1.29, 1.82) is 0 Å². The third kappa shape index (κ3) is 3.31. The molecule has 3 aromatic rings. The van der Waals surface area contributed by atoms with Crippen LogP contribution in [-0.2, 0) is 0 Å². The molecule has 0 spiro atoms. The second-order valence-corrected chi connectivity index (χ2v) is 5.75. The first-order valence-electron chi connectivity index (χ1n) is 8.02. The van der Waals surface area contributed by atoms with E-state index in [2.05, 4.69) is 15.3 Å². The van der Waals surface area contributed by atoms with Crippen LogP contribution in [0.5, 0.6) is 5.75 Å². The van der Waals surface area contributed by atoms with Gasteiger partial charge in [0.2, 0.25) is 5.95 Å². The summed E-state index contributed by atoms with van der Waals surface area (Å²) in [6.45, 7) is 3.98. The minimum atomic E-state index is -0.482. The summed E-state index contributed by atoms with van der Waals surface area (Å²) in [7, 11) is 1.41. The molecule has 2 aromatic heterocycles. The number of aromatic nitrogens is 3. The maximum absolute atomic E-state index is 13.8. The van der Waals surface area contributed by atoms with Gasteiger partial charge in [-0.25, -0.2) is 9.37 Å². The Hall–Kier alpha value is -2.96. The van der Waals surface area contributed by atoms with Gasteiger partial charge < -0.3 is 10.1 Å². The molecule has 0 saturated heterocycles. The van der Waals surface area contributed by atoms with E-state index in [0.717, 1.165) is 11.8 Å². The average Bonchev–Trinajstić information content (AvgIpc) is 2.61. The quantitative estimate of drug-likeness (QED) is 0.766. The van der Waals surface area contributed by atoms with Gasteiger partial charge in [-0.3, -0.25) is 9.36 Å². The fourth-order valence-corrected chi connectivity index (χ4v) is 2.58. The molecule has 0 aliphatic heterocycles. The number of nitrogens with one attached hydrogen (secondary N) is 1. The van der Waals surface area contributed by atoms with E-state index in [9.17, 15) is 9.18 Å². The molecule has 0 radical (unpaired) electrons. The van der Waals surface area contributed by atoms with Crippen LogP contribution in [0, 0.1) is 5.82 Å². The molecule has 3 rings (SSSR count). The number of benzene rings is 1. The van der Waals surface area contributed by atoms with Crippen LogP contribution in [0.2, 0.25) is 0 Å². The number of methoxy groups -OCH3 is 1. The fraction of sp³-hybridized carbons (Fsp3) is 0.278. The molecule has 1 unspecified atom stereocenters. The molecule has 0 bridgehead atoms. The topological polar surface area (TPSA) is 69.0 Å². The van der Waals surface area contributed by atoms with Crippen molar-refractivity contribution in [2.24, 2.45) is 0 Å². The van der Waals surface area contributed by atoms with Crippen LogP contribution in [0.25, 0.3) is 11.0 Å². The Morgan fingerprint density at radius 2 is 2.12 bits per heavy atom.